The molecule has 0 saturated heterocycles. The predicted octanol–water partition coefficient (Wildman–Crippen LogP) is 2.39. The van der Waals surface area contributed by atoms with Gasteiger partial charge in [-0.05, 0) is 19.4 Å². The molecular weight excluding hydrogens is 160 g/mol. The minimum Gasteiger partial charge on any atom is -0.238 e. The molecule has 60 valence electrons. The van der Waals surface area contributed by atoms with E-state index in [2.05, 4.69) is 16.9 Å². The molecule has 0 radical (unpaired) electrons. The first-order valence-electron chi connectivity index (χ1n) is 3.72. The zero-order valence-corrected chi connectivity index (χ0v) is 7.52. The Hall–Kier alpha value is -0.630. The van der Waals surface area contributed by atoms with E-state index in [4.69, 9.17) is 11.6 Å². The summed E-state index contributed by atoms with van der Waals surface area (Å²) in [6.45, 7) is 4.02. The van der Waals surface area contributed by atoms with Gasteiger partial charge in [0.05, 0.1) is 0 Å². The van der Waals surface area contributed by atoms with E-state index in [-0.39, 0.29) is 0 Å². The standard InChI is InChI=1S/C8H11ClN2/c1-3-4-8-10-6(2)5-7(9)11-8/h5H,3-4H2,1-2H3. The Morgan fingerprint density at radius 1 is 1.45 bits per heavy atom. The Morgan fingerprint density at radius 2 is 2.18 bits per heavy atom. The van der Waals surface area contributed by atoms with Crippen molar-refractivity contribution in [3.8, 4) is 0 Å². The maximum absolute atomic E-state index is 5.73. The van der Waals surface area contributed by atoms with Gasteiger partial charge in [-0.1, -0.05) is 18.5 Å². The summed E-state index contributed by atoms with van der Waals surface area (Å²) < 4.78 is 0. The molecule has 2 nitrogen and oxygen atoms in total. The molecule has 0 aliphatic heterocycles. The number of aryl methyl sites for hydroxylation is 2. The fraction of sp³-hybridized carbons (Fsp3) is 0.500. The van der Waals surface area contributed by atoms with Crippen molar-refractivity contribution < 1.29 is 0 Å². The summed E-state index contributed by atoms with van der Waals surface area (Å²) >= 11 is 5.73. The largest absolute Gasteiger partial charge is 0.238 e. The van der Waals surface area contributed by atoms with E-state index in [1.165, 1.54) is 0 Å². The quantitative estimate of drug-likeness (QED) is 0.637. The first kappa shape index (κ1) is 8.47. The summed E-state index contributed by atoms with van der Waals surface area (Å²) in [5.41, 5.74) is 0.938. The number of halogens is 1. The van der Waals surface area contributed by atoms with Crippen LogP contribution in [0.15, 0.2) is 6.07 Å². The van der Waals surface area contributed by atoms with Crippen LogP contribution in [0.1, 0.15) is 24.9 Å². The third kappa shape index (κ3) is 2.46. The Morgan fingerprint density at radius 3 is 2.73 bits per heavy atom. The van der Waals surface area contributed by atoms with Gasteiger partial charge in [0.25, 0.3) is 0 Å². The van der Waals surface area contributed by atoms with Crippen molar-refractivity contribution in [3.05, 3.63) is 22.7 Å². The molecule has 1 aromatic rings. The molecule has 0 unspecified atom stereocenters. The molecule has 3 heteroatoms. The molecule has 0 saturated carbocycles. The molecule has 1 heterocycles. The SMILES string of the molecule is CCCc1nc(C)cc(Cl)n1. The lowest BCUT2D eigenvalue weighted by atomic mass is 10.3. The molecule has 0 amide bonds. The summed E-state index contributed by atoms with van der Waals surface area (Å²) in [7, 11) is 0. The molecule has 1 aromatic heterocycles. The molecule has 0 bridgehead atoms. The first-order chi connectivity index (χ1) is 5.22. The maximum Gasteiger partial charge on any atom is 0.133 e. The van der Waals surface area contributed by atoms with Gasteiger partial charge in [0.1, 0.15) is 11.0 Å². The van der Waals surface area contributed by atoms with Crippen LogP contribution in [0.5, 0.6) is 0 Å². The Bertz CT molecular complexity index is 228. The summed E-state index contributed by atoms with van der Waals surface area (Å²) in [6.07, 6.45) is 1.96. The highest BCUT2D eigenvalue weighted by Gasteiger charge is 1.97. The van der Waals surface area contributed by atoms with Gasteiger partial charge in [0.15, 0.2) is 0 Å². The van der Waals surface area contributed by atoms with Crippen molar-refractivity contribution in [1.82, 2.24) is 9.97 Å². The van der Waals surface area contributed by atoms with Crippen LogP contribution in [0.3, 0.4) is 0 Å². The summed E-state index contributed by atoms with van der Waals surface area (Å²) in [4.78, 5) is 8.31. The average molecular weight is 171 g/mol. The third-order valence-corrected chi connectivity index (χ3v) is 1.54. The van der Waals surface area contributed by atoms with Crippen molar-refractivity contribution in [1.29, 1.82) is 0 Å². The van der Waals surface area contributed by atoms with Crippen LogP contribution in [0.4, 0.5) is 0 Å². The smallest absolute Gasteiger partial charge is 0.133 e. The van der Waals surface area contributed by atoms with Gasteiger partial charge >= 0.3 is 0 Å². The Kier molecular flexibility index (Phi) is 2.83. The van der Waals surface area contributed by atoms with Gasteiger partial charge in [0.2, 0.25) is 0 Å². The monoisotopic (exact) mass is 170 g/mol. The normalized spacial score (nSPS) is 10.1. The van der Waals surface area contributed by atoms with Crippen LogP contribution >= 0.6 is 11.6 Å². The molecule has 0 atom stereocenters. The van der Waals surface area contributed by atoms with Crippen molar-refractivity contribution in [2.45, 2.75) is 26.7 Å². The molecule has 0 aliphatic carbocycles. The molecular formula is C8H11ClN2. The zero-order valence-electron chi connectivity index (χ0n) is 6.76. The predicted molar refractivity (Wildman–Crippen MR) is 45.8 cm³/mol. The minimum atomic E-state index is 0.543. The molecule has 0 aromatic carbocycles. The lowest BCUT2D eigenvalue weighted by molar-refractivity contribution is 0.825. The van der Waals surface area contributed by atoms with Crippen LogP contribution in [-0.2, 0) is 6.42 Å². The molecule has 0 spiro atoms. The maximum atomic E-state index is 5.73. The summed E-state index contributed by atoms with van der Waals surface area (Å²) in [6, 6.07) is 1.76. The van der Waals surface area contributed by atoms with Crippen LogP contribution < -0.4 is 0 Å². The van der Waals surface area contributed by atoms with Crippen LogP contribution in [-0.4, -0.2) is 9.97 Å². The van der Waals surface area contributed by atoms with E-state index in [1.54, 1.807) is 6.07 Å². The van der Waals surface area contributed by atoms with Crippen LogP contribution in [0, 0.1) is 6.92 Å². The van der Waals surface area contributed by atoms with Gasteiger partial charge < -0.3 is 0 Å². The van der Waals surface area contributed by atoms with Gasteiger partial charge in [0, 0.05) is 12.1 Å². The minimum absolute atomic E-state index is 0.543. The van der Waals surface area contributed by atoms with E-state index >= 15 is 0 Å². The first-order valence-corrected chi connectivity index (χ1v) is 4.10. The topological polar surface area (TPSA) is 25.8 Å². The van der Waals surface area contributed by atoms with Crippen molar-refractivity contribution in [2.75, 3.05) is 0 Å². The van der Waals surface area contributed by atoms with E-state index in [0.29, 0.717) is 5.15 Å². The van der Waals surface area contributed by atoms with E-state index in [1.807, 2.05) is 6.92 Å². The highest BCUT2D eigenvalue weighted by molar-refractivity contribution is 6.29. The van der Waals surface area contributed by atoms with Crippen LogP contribution in [0.2, 0.25) is 5.15 Å². The molecule has 0 aliphatic rings. The van der Waals surface area contributed by atoms with Gasteiger partial charge in [-0.2, -0.15) is 0 Å². The average Bonchev–Trinajstić information content (AvgIpc) is 1.85. The molecule has 1 rings (SSSR count). The lowest BCUT2D eigenvalue weighted by Gasteiger charge is -1.98. The van der Waals surface area contributed by atoms with E-state index < -0.39 is 0 Å². The summed E-state index contributed by atoms with van der Waals surface area (Å²) in [5, 5.41) is 0.543. The second-order valence-corrected chi connectivity index (χ2v) is 2.89. The number of hydrogen-bond acceptors (Lipinski definition) is 2. The highest BCUT2D eigenvalue weighted by Crippen LogP contribution is 2.07. The van der Waals surface area contributed by atoms with E-state index in [0.717, 1.165) is 24.4 Å². The van der Waals surface area contributed by atoms with Crippen molar-refractivity contribution >= 4 is 11.6 Å². The van der Waals surface area contributed by atoms with Crippen molar-refractivity contribution in [2.24, 2.45) is 0 Å². The van der Waals surface area contributed by atoms with Gasteiger partial charge in [-0.15, -0.1) is 0 Å². The second-order valence-electron chi connectivity index (χ2n) is 2.50. The van der Waals surface area contributed by atoms with Gasteiger partial charge in [-0.3, -0.25) is 0 Å². The fourth-order valence-corrected chi connectivity index (χ4v) is 1.18. The second kappa shape index (κ2) is 3.67. The van der Waals surface area contributed by atoms with Gasteiger partial charge in [-0.25, -0.2) is 9.97 Å². The van der Waals surface area contributed by atoms with Crippen molar-refractivity contribution in [3.63, 3.8) is 0 Å². The summed E-state index contributed by atoms with van der Waals surface area (Å²) in [5.74, 6) is 0.845. The zero-order chi connectivity index (χ0) is 8.27. The number of aromatic nitrogens is 2. The molecule has 11 heavy (non-hydrogen) atoms. The number of nitrogens with zero attached hydrogens (tertiary/aromatic N) is 2. The number of rotatable bonds is 2. The number of hydrogen-bond donors (Lipinski definition) is 0. The highest BCUT2D eigenvalue weighted by atomic mass is 35.5. The van der Waals surface area contributed by atoms with Crippen LogP contribution in [0.25, 0.3) is 0 Å². The van der Waals surface area contributed by atoms with E-state index in [9.17, 15) is 0 Å². The lowest BCUT2D eigenvalue weighted by Crippen LogP contribution is -1.96. The Labute approximate surface area is 71.6 Å². The third-order valence-electron chi connectivity index (χ3n) is 1.34. The Balaban J connectivity index is 2.89. The molecule has 0 fully saturated rings. The fourth-order valence-electron chi connectivity index (χ4n) is 0.924. The molecule has 0 N–H and O–H groups in total.